The maximum absolute atomic E-state index is 11.0. The first-order valence-electron chi connectivity index (χ1n) is 5.75. The third-order valence-electron chi connectivity index (χ3n) is 2.65. The van der Waals surface area contributed by atoms with Crippen LogP contribution in [0.3, 0.4) is 0 Å². The largest absolute Gasteiger partial charge is 0.305 e. The molecule has 0 saturated carbocycles. The van der Waals surface area contributed by atoms with Gasteiger partial charge in [-0.2, -0.15) is 5.26 Å². The average molecular weight is 261 g/mol. The van der Waals surface area contributed by atoms with E-state index in [4.69, 9.17) is 5.26 Å². The van der Waals surface area contributed by atoms with Crippen LogP contribution in [0.25, 0.3) is 0 Å². The molecule has 0 aliphatic rings. The molecule has 0 saturated heterocycles. The zero-order valence-electron chi connectivity index (χ0n) is 11.2. The molecule has 0 aliphatic carbocycles. The smallest absolute Gasteiger partial charge is 0.148 e. The van der Waals surface area contributed by atoms with Crippen molar-refractivity contribution >= 4 is 9.84 Å². The van der Waals surface area contributed by atoms with Crippen molar-refractivity contribution in [2.75, 3.05) is 38.7 Å². The Morgan fingerprint density at radius 3 is 2.41 bits per heavy atom. The average Bonchev–Trinajstić information content (AvgIpc) is 2.23. The van der Waals surface area contributed by atoms with Crippen LogP contribution in [0.15, 0.2) is 0 Å². The summed E-state index contributed by atoms with van der Waals surface area (Å²) in [4.78, 5) is 1.94. The third kappa shape index (κ3) is 8.13. The predicted molar refractivity (Wildman–Crippen MR) is 69.5 cm³/mol. The molecule has 0 fully saturated rings. The van der Waals surface area contributed by atoms with Gasteiger partial charge >= 0.3 is 0 Å². The Morgan fingerprint density at radius 1 is 1.41 bits per heavy atom. The molecule has 5 nitrogen and oxygen atoms in total. The Balaban J connectivity index is 4.06. The Labute approximate surface area is 105 Å². The summed E-state index contributed by atoms with van der Waals surface area (Å²) in [5.41, 5.74) is -0.534. The minimum absolute atomic E-state index is 0.161. The highest BCUT2D eigenvalue weighted by atomic mass is 32.2. The van der Waals surface area contributed by atoms with E-state index in [9.17, 15) is 8.42 Å². The minimum Gasteiger partial charge on any atom is -0.305 e. The van der Waals surface area contributed by atoms with E-state index in [1.807, 2.05) is 25.8 Å². The molecule has 1 N–H and O–H groups in total. The Bertz CT molecular complexity index is 361. The van der Waals surface area contributed by atoms with Crippen molar-refractivity contribution in [3.8, 4) is 6.07 Å². The zero-order chi connectivity index (χ0) is 13.5. The van der Waals surface area contributed by atoms with Gasteiger partial charge in [-0.15, -0.1) is 0 Å². The highest BCUT2D eigenvalue weighted by Crippen LogP contribution is 2.08. The third-order valence-corrected chi connectivity index (χ3v) is 3.58. The second-order valence-electron chi connectivity index (χ2n) is 4.66. The molecule has 0 bridgehead atoms. The van der Waals surface area contributed by atoms with Gasteiger partial charge < -0.3 is 4.90 Å². The van der Waals surface area contributed by atoms with Crippen LogP contribution < -0.4 is 5.32 Å². The summed E-state index contributed by atoms with van der Waals surface area (Å²) in [5, 5.41) is 12.2. The summed E-state index contributed by atoms with van der Waals surface area (Å²) in [6.45, 7) is 5.78. The van der Waals surface area contributed by atoms with Gasteiger partial charge in [0.15, 0.2) is 0 Å². The van der Waals surface area contributed by atoms with Crippen LogP contribution in [0, 0.1) is 11.3 Å². The maximum atomic E-state index is 11.0. The van der Waals surface area contributed by atoms with Gasteiger partial charge in [-0.25, -0.2) is 8.42 Å². The van der Waals surface area contributed by atoms with Crippen LogP contribution >= 0.6 is 0 Å². The van der Waals surface area contributed by atoms with E-state index in [1.165, 1.54) is 6.26 Å². The summed E-state index contributed by atoms with van der Waals surface area (Å²) in [5.74, 6) is 0.161. The number of sulfone groups is 1. The highest BCUT2D eigenvalue weighted by Gasteiger charge is 2.22. The monoisotopic (exact) mass is 261 g/mol. The molecule has 0 radical (unpaired) electrons. The first-order chi connectivity index (χ1) is 7.72. The number of nitrogens with one attached hydrogen (secondary N) is 1. The van der Waals surface area contributed by atoms with Gasteiger partial charge in [0, 0.05) is 19.3 Å². The normalized spacial score (nSPS) is 15.5. The number of nitriles is 1. The summed E-state index contributed by atoms with van der Waals surface area (Å²) in [6.07, 6.45) is 1.91. The fourth-order valence-corrected chi connectivity index (χ4v) is 2.07. The van der Waals surface area contributed by atoms with Gasteiger partial charge in [-0.05, 0) is 26.9 Å². The van der Waals surface area contributed by atoms with Crippen LogP contribution in [-0.2, 0) is 9.84 Å². The van der Waals surface area contributed by atoms with E-state index in [2.05, 4.69) is 11.4 Å². The second-order valence-corrected chi connectivity index (χ2v) is 6.92. The zero-order valence-corrected chi connectivity index (χ0v) is 12.0. The molecular weight excluding hydrogens is 238 g/mol. The van der Waals surface area contributed by atoms with Crippen molar-refractivity contribution in [1.82, 2.24) is 10.2 Å². The SMILES string of the molecule is CCNC(C)(C#N)CCN(C)CCS(C)(=O)=O. The molecule has 0 spiro atoms. The molecule has 0 heterocycles. The van der Waals surface area contributed by atoms with Crippen LogP contribution in [-0.4, -0.2) is 57.5 Å². The maximum Gasteiger partial charge on any atom is 0.148 e. The number of hydrogen-bond donors (Lipinski definition) is 1. The summed E-state index contributed by atoms with van der Waals surface area (Å²) < 4.78 is 22.0. The van der Waals surface area contributed by atoms with E-state index in [0.29, 0.717) is 19.5 Å². The lowest BCUT2D eigenvalue weighted by Gasteiger charge is -2.25. The molecule has 1 unspecified atom stereocenters. The molecule has 0 aromatic rings. The second kappa shape index (κ2) is 6.94. The van der Waals surface area contributed by atoms with Gasteiger partial charge in [-0.3, -0.25) is 5.32 Å². The molecule has 0 aromatic carbocycles. The molecule has 17 heavy (non-hydrogen) atoms. The van der Waals surface area contributed by atoms with Crippen molar-refractivity contribution < 1.29 is 8.42 Å². The van der Waals surface area contributed by atoms with E-state index >= 15 is 0 Å². The molecule has 100 valence electrons. The van der Waals surface area contributed by atoms with Crippen LogP contribution in [0.4, 0.5) is 0 Å². The summed E-state index contributed by atoms with van der Waals surface area (Å²) in [7, 11) is -1.04. The summed E-state index contributed by atoms with van der Waals surface area (Å²) in [6, 6.07) is 2.25. The molecular formula is C11H23N3O2S. The van der Waals surface area contributed by atoms with E-state index < -0.39 is 15.4 Å². The van der Waals surface area contributed by atoms with Crippen molar-refractivity contribution in [3.63, 3.8) is 0 Å². The fraction of sp³-hybridized carbons (Fsp3) is 0.909. The lowest BCUT2D eigenvalue weighted by molar-refractivity contribution is 0.302. The first kappa shape index (κ1) is 16.4. The van der Waals surface area contributed by atoms with Gasteiger partial charge in [-0.1, -0.05) is 6.92 Å². The minimum atomic E-state index is -2.91. The standard InChI is InChI=1S/C11H23N3O2S/c1-5-13-11(2,10-12)6-7-14(3)8-9-17(4,15)16/h13H,5-9H2,1-4H3. The van der Waals surface area contributed by atoms with Crippen LogP contribution in [0.1, 0.15) is 20.3 Å². The Kier molecular flexibility index (Phi) is 6.68. The predicted octanol–water partition coefficient (Wildman–Crippen LogP) is 0.245. The van der Waals surface area contributed by atoms with Gasteiger partial charge in [0.25, 0.3) is 0 Å². The van der Waals surface area contributed by atoms with Gasteiger partial charge in [0.1, 0.15) is 15.4 Å². The number of hydrogen-bond acceptors (Lipinski definition) is 5. The lowest BCUT2D eigenvalue weighted by Crippen LogP contribution is -2.43. The molecule has 0 aliphatic heterocycles. The quantitative estimate of drug-likeness (QED) is 0.678. The van der Waals surface area contributed by atoms with E-state index in [0.717, 1.165) is 6.54 Å². The molecule has 0 rings (SSSR count). The first-order valence-corrected chi connectivity index (χ1v) is 7.81. The highest BCUT2D eigenvalue weighted by molar-refractivity contribution is 7.90. The van der Waals surface area contributed by atoms with E-state index in [-0.39, 0.29) is 5.75 Å². The lowest BCUT2D eigenvalue weighted by atomic mass is 10.00. The molecule has 0 aromatic heterocycles. The van der Waals surface area contributed by atoms with Gasteiger partial charge in [0.2, 0.25) is 0 Å². The molecule has 0 amide bonds. The summed E-state index contributed by atoms with van der Waals surface area (Å²) >= 11 is 0. The molecule has 6 heteroatoms. The van der Waals surface area contributed by atoms with Gasteiger partial charge in [0.05, 0.1) is 11.8 Å². The van der Waals surface area contributed by atoms with E-state index in [1.54, 1.807) is 0 Å². The van der Waals surface area contributed by atoms with Crippen molar-refractivity contribution in [2.24, 2.45) is 0 Å². The van der Waals surface area contributed by atoms with Crippen molar-refractivity contribution in [2.45, 2.75) is 25.8 Å². The Morgan fingerprint density at radius 2 is 2.00 bits per heavy atom. The fourth-order valence-electron chi connectivity index (χ4n) is 1.42. The Hall–Kier alpha value is -0.640. The van der Waals surface area contributed by atoms with Crippen LogP contribution in [0.2, 0.25) is 0 Å². The topological polar surface area (TPSA) is 73.2 Å². The number of rotatable bonds is 8. The van der Waals surface area contributed by atoms with Crippen molar-refractivity contribution in [1.29, 1.82) is 5.26 Å². The van der Waals surface area contributed by atoms with Crippen LogP contribution in [0.5, 0.6) is 0 Å². The number of nitrogens with zero attached hydrogens (tertiary/aromatic N) is 2. The van der Waals surface area contributed by atoms with Crippen molar-refractivity contribution in [3.05, 3.63) is 0 Å². The molecule has 1 atom stereocenters.